The van der Waals surface area contributed by atoms with Gasteiger partial charge in [0, 0.05) is 18.3 Å². The monoisotopic (exact) mass is 662 g/mol. The van der Waals surface area contributed by atoms with Gasteiger partial charge in [-0.15, -0.1) is 6.58 Å². The zero-order chi connectivity index (χ0) is 34.6. The maximum atomic E-state index is 14.4. The van der Waals surface area contributed by atoms with Crippen LogP contribution in [0.3, 0.4) is 0 Å². The lowest BCUT2D eigenvalue weighted by atomic mass is 9.77. The lowest BCUT2D eigenvalue weighted by Gasteiger charge is -2.37. The number of nitrogens with zero attached hydrogens (tertiary/aromatic N) is 1. The first-order valence-electron chi connectivity index (χ1n) is 15.9. The summed E-state index contributed by atoms with van der Waals surface area (Å²) in [4.78, 5) is 56.0. The number of amides is 4. The van der Waals surface area contributed by atoms with E-state index in [2.05, 4.69) is 21.9 Å². The van der Waals surface area contributed by atoms with Crippen molar-refractivity contribution in [1.29, 1.82) is 0 Å². The van der Waals surface area contributed by atoms with Crippen molar-refractivity contribution in [2.24, 2.45) is 17.3 Å². The van der Waals surface area contributed by atoms with Gasteiger partial charge in [0.2, 0.25) is 21.8 Å². The largest absolute Gasteiger partial charge is 0.444 e. The van der Waals surface area contributed by atoms with Crippen molar-refractivity contribution in [2.45, 2.75) is 122 Å². The van der Waals surface area contributed by atoms with Crippen LogP contribution < -0.4 is 15.4 Å². The number of alkyl carbamates (subject to hydrolysis) is 1. The Bertz CT molecular complexity index is 1470. The number of ether oxygens (including phenoxy) is 1. The highest BCUT2D eigenvalue weighted by Crippen LogP contribution is 2.46. The Morgan fingerprint density at radius 3 is 2.24 bits per heavy atom. The zero-order valence-corrected chi connectivity index (χ0v) is 29.0. The Kier molecular flexibility index (Phi) is 9.39. The lowest BCUT2D eigenvalue weighted by molar-refractivity contribution is -0.143. The van der Waals surface area contributed by atoms with Crippen LogP contribution in [0.5, 0.6) is 0 Å². The topological polar surface area (TPSA) is 171 Å². The second-order valence-corrected chi connectivity index (χ2v) is 17.6. The molecule has 0 bridgehead atoms. The summed E-state index contributed by atoms with van der Waals surface area (Å²) in [6.45, 7) is 17.8. The summed E-state index contributed by atoms with van der Waals surface area (Å²) in [5, 5.41) is 16.9. The van der Waals surface area contributed by atoms with Crippen molar-refractivity contribution >= 4 is 33.8 Å². The number of nitrogens with one attached hydrogen (secondary N) is 3. The number of aliphatic hydroxyl groups is 1. The molecule has 0 spiro atoms. The minimum Gasteiger partial charge on any atom is -0.444 e. The third-order valence-electron chi connectivity index (χ3n) is 9.15. The summed E-state index contributed by atoms with van der Waals surface area (Å²) in [6.07, 6.45) is 6.08. The number of likely N-dealkylation sites (tertiary alicyclic amines) is 1. The van der Waals surface area contributed by atoms with Crippen LogP contribution in [-0.2, 0) is 29.1 Å². The highest BCUT2D eigenvalue weighted by atomic mass is 32.2. The smallest absolute Gasteiger partial charge is 0.408 e. The first-order valence-corrected chi connectivity index (χ1v) is 17.4. The van der Waals surface area contributed by atoms with Gasteiger partial charge in [0.25, 0.3) is 5.91 Å². The van der Waals surface area contributed by atoms with Gasteiger partial charge in [0.05, 0.1) is 17.4 Å². The number of hydrogen-bond acceptors (Lipinski definition) is 8. The van der Waals surface area contributed by atoms with Crippen molar-refractivity contribution < 1.29 is 37.4 Å². The molecule has 0 aromatic heterocycles. The van der Waals surface area contributed by atoms with Crippen molar-refractivity contribution in [3.05, 3.63) is 36.0 Å². The van der Waals surface area contributed by atoms with Gasteiger partial charge in [-0.25, -0.2) is 13.2 Å². The van der Waals surface area contributed by atoms with Crippen LogP contribution in [0, 0.1) is 17.3 Å². The van der Waals surface area contributed by atoms with Gasteiger partial charge in [-0.2, -0.15) is 0 Å². The molecule has 13 heteroatoms. The van der Waals surface area contributed by atoms with Gasteiger partial charge in [-0.05, 0) is 65.7 Å². The molecule has 2 saturated carbocycles. The number of hydrogen-bond donors (Lipinski definition) is 4. The van der Waals surface area contributed by atoms with Crippen molar-refractivity contribution in [1.82, 2.24) is 20.3 Å². The van der Waals surface area contributed by atoms with E-state index in [-0.39, 0.29) is 19.4 Å². The van der Waals surface area contributed by atoms with Gasteiger partial charge < -0.3 is 25.4 Å². The molecule has 0 aromatic rings. The fourth-order valence-corrected chi connectivity index (χ4v) is 7.84. The number of β-amino-alcohol motifs (C(OH)–C–C–N with tert-alkyl or cyclic N) is 1. The molecule has 1 unspecified atom stereocenters. The molecule has 6 atom stereocenters. The second kappa shape index (κ2) is 12.1. The summed E-state index contributed by atoms with van der Waals surface area (Å²) in [6, 6.07) is -2.36. The quantitative estimate of drug-likeness (QED) is 0.273. The first kappa shape index (κ1) is 35.7. The maximum absolute atomic E-state index is 14.4. The first-order chi connectivity index (χ1) is 21.0. The van der Waals surface area contributed by atoms with E-state index in [1.807, 2.05) is 26.0 Å². The summed E-state index contributed by atoms with van der Waals surface area (Å²) in [5.41, 5.74) is -2.71. The van der Waals surface area contributed by atoms with E-state index in [4.69, 9.17) is 4.74 Å². The molecule has 3 aliphatic carbocycles. The Morgan fingerprint density at radius 1 is 1.11 bits per heavy atom. The Hall–Kier alpha value is -3.19. The molecule has 0 aromatic carbocycles. The predicted molar refractivity (Wildman–Crippen MR) is 173 cm³/mol. The lowest BCUT2D eigenvalue weighted by Crippen LogP contribution is -2.60. The number of carbonyl (C=O) groups excluding carboxylic acids is 4. The van der Waals surface area contributed by atoms with E-state index >= 15 is 0 Å². The van der Waals surface area contributed by atoms with Crippen LogP contribution in [0.25, 0.3) is 0 Å². The van der Waals surface area contributed by atoms with Gasteiger partial charge in [-0.1, -0.05) is 50.1 Å². The molecule has 4 amide bonds. The van der Waals surface area contributed by atoms with E-state index in [1.165, 1.54) is 11.0 Å². The molecule has 1 saturated heterocycles. The van der Waals surface area contributed by atoms with Gasteiger partial charge in [0.1, 0.15) is 23.2 Å². The molecular weight excluding hydrogens is 612 g/mol. The minimum atomic E-state index is -3.89. The zero-order valence-electron chi connectivity index (χ0n) is 28.2. The third-order valence-corrected chi connectivity index (χ3v) is 11.0. The molecule has 4 N–H and O–H groups in total. The molecule has 0 radical (unpaired) electrons. The van der Waals surface area contributed by atoms with Crippen LogP contribution in [0.2, 0.25) is 0 Å². The fourth-order valence-electron chi connectivity index (χ4n) is 6.47. The summed E-state index contributed by atoms with van der Waals surface area (Å²) in [5.74, 6) is -3.08. The highest BCUT2D eigenvalue weighted by Gasteiger charge is 2.63. The van der Waals surface area contributed by atoms with Gasteiger partial charge >= 0.3 is 6.09 Å². The number of sulfonamides is 1. The average molecular weight is 663 g/mol. The number of rotatable bonds is 9. The van der Waals surface area contributed by atoms with Gasteiger partial charge in [-0.3, -0.25) is 19.1 Å². The van der Waals surface area contributed by atoms with Gasteiger partial charge in [0.15, 0.2) is 0 Å². The van der Waals surface area contributed by atoms with Crippen molar-refractivity contribution in [2.75, 3.05) is 6.54 Å². The Labute approximate surface area is 272 Å². The molecular formula is C33H50N4O8S. The fraction of sp³-hybridized carbons (Fsp3) is 0.697. The third kappa shape index (κ3) is 7.67. The van der Waals surface area contributed by atoms with Crippen LogP contribution >= 0.6 is 0 Å². The predicted octanol–water partition coefficient (Wildman–Crippen LogP) is 2.84. The molecule has 1 aliphatic heterocycles. The Morgan fingerprint density at radius 2 is 1.74 bits per heavy atom. The number of allylic oxidation sites excluding steroid dienone is 3. The highest BCUT2D eigenvalue weighted by molar-refractivity contribution is 7.91. The van der Waals surface area contributed by atoms with E-state index in [0.717, 1.165) is 11.1 Å². The molecule has 4 rings (SSSR count). The summed E-state index contributed by atoms with van der Waals surface area (Å²) in [7, 11) is -3.89. The standard InChI is InChI=1S/C33H50N4O8S/c1-10-21-16-33(21,28(40)36-46(43,44)23-11-12-23)35-26(38)24-17-32(42,22-14-19(2)13-20(3)15-22)18-37(24)27(39)25(30(4,5)6)34-29(41)45-31(7,8)9/h10,13-14,21-25,42H,1,11-12,15-18H2,2-9H3,(H,34,41)(H,35,38)(H,36,40)/t21-,22?,24+,25-,32+,33-/m1/s1. The molecule has 46 heavy (non-hydrogen) atoms. The minimum absolute atomic E-state index is 0.133. The SMILES string of the molecule is C=C[C@@H]1C[C@]1(NC(=O)[C@@H]1C[C@@](O)(C2C=C(C)C=C(C)C2)CN1C(=O)[C@@H](NC(=O)OC(C)(C)C)C(C)(C)C)C(=O)NS(=O)(=O)C1CC1. The number of carbonyl (C=O) groups is 4. The maximum Gasteiger partial charge on any atom is 0.408 e. The van der Waals surface area contributed by atoms with E-state index < -0.39 is 85.2 Å². The molecule has 1 heterocycles. The average Bonchev–Trinajstić information content (AvgIpc) is 3.82. The molecule has 4 aliphatic rings. The molecule has 256 valence electrons. The molecule has 3 fully saturated rings. The normalized spacial score (nSPS) is 30.4. The van der Waals surface area contributed by atoms with Crippen LogP contribution in [0.1, 0.15) is 87.5 Å². The van der Waals surface area contributed by atoms with E-state index in [9.17, 15) is 32.7 Å². The summed E-state index contributed by atoms with van der Waals surface area (Å²) < 4.78 is 32.8. The molecule has 12 nitrogen and oxygen atoms in total. The summed E-state index contributed by atoms with van der Waals surface area (Å²) >= 11 is 0. The van der Waals surface area contributed by atoms with Crippen LogP contribution in [-0.4, -0.2) is 82.9 Å². The second-order valence-electron chi connectivity index (χ2n) is 15.6. The Balaban J connectivity index is 1.66. The van der Waals surface area contributed by atoms with E-state index in [1.54, 1.807) is 41.5 Å². The van der Waals surface area contributed by atoms with Crippen molar-refractivity contribution in [3.63, 3.8) is 0 Å². The van der Waals surface area contributed by atoms with Crippen molar-refractivity contribution in [3.8, 4) is 0 Å². The van der Waals surface area contributed by atoms with E-state index in [0.29, 0.717) is 19.3 Å². The van der Waals surface area contributed by atoms with Crippen LogP contribution in [0.15, 0.2) is 36.0 Å². The van der Waals surface area contributed by atoms with Crippen LogP contribution in [0.4, 0.5) is 4.79 Å².